The summed E-state index contributed by atoms with van der Waals surface area (Å²) in [4.78, 5) is 26.2. The summed E-state index contributed by atoms with van der Waals surface area (Å²) < 4.78 is 5.22. The minimum atomic E-state index is 0.00736. The average Bonchev–Trinajstić information content (AvgIpc) is 2.87. The molecule has 0 unspecified atom stereocenters. The summed E-state index contributed by atoms with van der Waals surface area (Å²) in [7, 11) is 3.84. The fourth-order valence-corrected chi connectivity index (χ4v) is 4.29. The molecular weight excluding hydrogens is 416 g/mol. The second-order valence-corrected chi connectivity index (χ2v) is 8.90. The van der Waals surface area contributed by atoms with Crippen molar-refractivity contribution < 1.29 is 9.53 Å². The highest BCUT2D eigenvalue weighted by atomic mass is 16.5. The molecule has 33 heavy (non-hydrogen) atoms. The molecule has 2 saturated heterocycles. The third-order valence-electron chi connectivity index (χ3n) is 6.62. The van der Waals surface area contributed by atoms with Gasteiger partial charge in [0.25, 0.3) is 0 Å². The third-order valence-corrected chi connectivity index (χ3v) is 6.62. The van der Waals surface area contributed by atoms with Crippen molar-refractivity contribution in [1.29, 1.82) is 0 Å². The summed E-state index contributed by atoms with van der Waals surface area (Å²) in [6.07, 6.45) is 2.89. The Labute approximate surface area is 197 Å². The van der Waals surface area contributed by atoms with Gasteiger partial charge in [0.15, 0.2) is 0 Å². The van der Waals surface area contributed by atoms with Gasteiger partial charge in [0, 0.05) is 71.6 Å². The number of carbonyl (C=O) groups excluding carboxylic acids is 1. The van der Waals surface area contributed by atoms with E-state index in [0.717, 1.165) is 82.5 Å². The summed E-state index contributed by atoms with van der Waals surface area (Å²) >= 11 is 0. The molecule has 2 aliphatic heterocycles. The Kier molecular flexibility index (Phi) is 8.01. The SMILES string of the molecule is COc1ccc(CCN2CCN(C(=O)NCc3ccc(N4CCN(C)CC4)nc3)CC2)cc1. The highest BCUT2D eigenvalue weighted by molar-refractivity contribution is 5.74. The van der Waals surface area contributed by atoms with Crippen LogP contribution in [0, 0.1) is 0 Å². The fraction of sp³-hybridized carbons (Fsp3) is 0.520. The molecule has 0 radical (unpaired) electrons. The van der Waals surface area contributed by atoms with Gasteiger partial charge in [-0.2, -0.15) is 0 Å². The van der Waals surface area contributed by atoms with Crippen LogP contribution in [-0.4, -0.2) is 98.8 Å². The number of amides is 2. The van der Waals surface area contributed by atoms with Crippen molar-refractivity contribution in [1.82, 2.24) is 25.0 Å². The van der Waals surface area contributed by atoms with Crippen molar-refractivity contribution in [2.45, 2.75) is 13.0 Å². The van der Waals surface area contributed by atoms with E-state index in [4.69, 9.17) is 4.74 Å². The molecule has 3 heterocycles. The molecule has 178 valence electrons. The zero-order valence-corrected chi connectivity index (χ0v) is 19.9. The lowest BCUT2D eigenvalue weighted by Gasteiger charge is -2.34. The molecule has 0 atom stereocenters. The highest BCUT2D eigenvalue weighted by Gasteiger charge is 2.21. The molecule has 1 aromatic carbocycles. The molecule has 0 spiro atoms. The topological polar surface area (TPSA) is 64.2 Å². The number of piperazine rings is 2. The molecule has 2 aliphatic rings. The maximum absolute atomic E-state index is 12.6. The summed E-state index contributed by atoms with van der Waals surface area (Å²) in [5.74, 6) is 1.91. The molecule has 1 aromatic heterocycles. The number of likely N-dealkylation sites (N-methyl/N-ethyl adjacent to an activating group) is 1. The largest absolute Gasteiger partial charge is 0.497 e. The number of pyridine rings is 1. The number of hydrogen-bond acceptors (Lipinski definition) is 6. The lowest BCUT2D eigenvalue weighted by Crippen LogP contribution is -2.51. The van der Waals surface area contributed by atoms with Crippen LogP contribution in [0.4, 0.5) is 10.6 Å². The van der Waals surface area contributed by atoms with E-state index < -0.39 is 0 Å². The normalized spacial score (nSPS) is 17.8. The molecule has 1 N–H and O–H groups in total. The van der Waals surface area contributed by atoms with Gasteiger partial charge in [-0.25, -0.2) is 9.78 Å². The van der Waals surface area contributed by atoms with E-state index in [0.29, 0.717) is 6.54 Å². The van der Waals surface area contributed by atoms with Crippen molar-refractivity contribution >= 4 is 11.8 Å². The summed E-state index contributed by atoms with van der Waals surface area (Å²) in [6, 6.07) is 12.4. The van der Waals surface area contributed by atoms with Gasteiger partial charge in [-0.3, -0.25) is 4.90 Å². The van der Waals surface area contributed by atoms with Crippen LogP contribution in [-0.2, 0) is 13.0 Å². The maximum atomic E-state index is 12.6. The van der Waals surface area contributed by atoms with Crippen molar-refractivity contribution in [3.05, 3.63) is 53.7 Å². The van der Waals surface area contributed by atoms with Gasteiger partial charge < -0.3 is 24.8 Å². The average molecular weight is 453 g/mol. The van der Waals surface area contributed by atoms with Gasteiger partial charge in [-0.1, -0.05) is 18.2 Å². The van der Waals surface area contributed by atoms with Crippen molar-refractivity contribution in [3.63, 3.8) is 0 Å². The lowest BCUT2D eigenvalue weighted by atomic mass is 10.1. The number of hydrogen-bond donors (Lipinski definition) is 1. The number of ether oxygens (including phenoxy) is 1. The van der Waals surface area contributed by atoms with Crippen molar-refractivity contribution in [2.75, 3.05) is 78.0 Å². The summed E-state index contributed by atoms with van der Waals surface area (Å²) in [5.41, 5.74) is 2.34. The van der Waals surface area contributed by atoms with Crippen LogP contribution in [0.3, 0.4) is 0 Å². The predicted molar refractivity (Wildman–Crippen MR) is 131 cm³/mol. The molecule has 8 heteroatoms. The molecule has 4 rings (SSSR count). The number of benzene rings is 1. The summed E-state index contributed by atoms with van der Waals surface area (Å²) in [6.45, 7) is 8.99. The number of nitrogens with zero attached hydrogens (tertiary/aromatic N) is 5. The Morgan fingerprint density at radius 3 is 2.27 bits per heavy atom. The molecule has 0 aliphatic carbocycles. The minimum absolute atomic E-state index is 0.00736. The van der Waals surface area contributed by atoms with Gasteiger partial charge in [-0.05, 0) is 42.8 Å². The molecular formula is C25H36N6O2. The van der Waals surface area contributed by atoms with Crippen LogP contribution >= 0.6 is 0 Å². The number of rotatable bonds is 7. The van der Waals surface area contributed by atoms with Gasteiger partial charge in [0.05, 0.1) is 7.11 Å². The Bertz CT molecular complexity index is 873. The molecule has 8 nitrogen and oxygen atoms in total. The predicted octanol–water partition coefficient (Wildman–Crippen LogP) is 1.91. The van der Waals surface area contributed by atoms with E-state index in [-0.39, 0.29) is 6.03 Å². The molecule has 2 amide bonds. The van der Waals surface area contributed by atoms with E-state index in [1.54, 1.807) is 7.11 Å². The second-order valence-electron chi connectivity index (χ2n) is 8.90. The third kappa shape index (κ3) is 6.58. The number of aromatic nitrogens is 1. The van der Waals surface area contributed by atoms with Crippen LogP contribution < -0.4 is 15.0 Å². The highest BCUT2D eigenvalue weighted by Crippen LogP contribution is 2.14. The van der Waals surface area contributed by atoms with Crippen molar-refractivity contribution in [2.24, 2.45) is 0 Å². The number of urea groups is 1. The first kappa shape index (κ1) is 23.3. The van der Waals surface area contributed by atoms with E-state index >= 15 is 0 Å². The molecule has 0 saturated carbocycles. The van der Waals surface area contributed by atoms with Crippen LogP contribution in [0.1, 0.15) is 11.1 Å². The Balaban J connectivity index is 1.15. The van der Waals surface area contributed by atoms with E-state index in [1.807, 2.05) is 23.2 Å². The van der Waals surface area contributed by atoms with Gasteiger partial charge in [-0.15, -0.1) is 0 Å². The molecule has 0 bridgehead atoms. The monoisotopic (exact) mass is 452 g/mol. The minimum Gasteiger partial charge on any atom is -0.497 e. The van der Waals surface area contributed by atoms with Crippen LogP contribution in [0.25, 0.3) is 0 Å². The zero-order chi connectivity index (χ0) is 23.0. The van der Waals surface area contributed by atoms with Crippen molar-refractivity contribution in [3.8, 4) is 5.75 Å². The number of nitrogens with one attached hydrogen (secondary N) is 1. The van der Waals surface area contributed by atoms with Gasteiger partial charge >= 0.3 is 6.03 Å². The smallest absolute Gasteiger partial charge is 0.317 e. The standard InChI is InChI=1S/C25H36N6O2/c1-28-11-15-30(16-12-28)24-8-5-22(19-26-24)20-27-25(32)31-17-13-29(14-18-31)10-9-21-3-6-23(33-2)7-4-21/h3-8,19H,9-18,20H2,1-2H3,(H,27,32). The first-order valence-electron chi connectivity index (χ1n) is 11.9. The molecule has 2 aromatic rings. The lowest BCUT2D eigenvalue weighted by molar-refractivity contribution is 0.140. The first-order valence-corrected chi connectivity index (χ1v) is 11.9. The van der Waals surface area contributed by atoms with E-state index in [9.17, 15) is 4.79 Å². The number of carbonyl (C=O) groups is 1. The van der Waals surface area contributed by atoms with Gasteiger partial charge in [0.1, 0.15) is 11.6 Å². The van der Waals surface area contributed by atoms with E-state index in [2.05, 4.69) is 56.3 Å². The zero-order valence-electron chi connectivity index (χ0n) is 19.9. The van der Waals surface area contributed by atoms with Crippen LogP contribution in [0.2, 0.25) is 0 Å². The molecule has 2 fully saturated rings. The second kappa shape index (κ2) is 11.3. The van der Waals surface area contributed by atoms with Gasteiger partial charge in [0.2, 0.25) is 0 Å². The van der Waals surface area contributed by atoms with Crippen LogP contribution in [0.15, 0.2) is 42.6 Å². The maximum Gasteiger partial charge on any atom is 0.317 e. The quantitative estimate of drug-likeness (QED) is 0.693. The summed E-state index contributed by atoms with van der Waals surface area (Å²) in [5, 5.41) is 3.05. The number of anilines is 1. The van der Waals surface area contributed by atoms with E-state index in [1.165, 1.54) is 5.56 Å². The Morgan fingerprint density at radius 2 is 1.64 bits per heavy atom. The number of methoxy groups -OCH3 is 1. The van der Waals surface area contributed by atoms with Crippen LogP contribution in [0.5, 0.6) is 5.75 Å². The first-order chi connectivity index (χ1) is 16.1. The fourth-order valence-electron chi connectivity index (χ4n) is 4.29. The Hall–Kier alpha value is -2.84. The Morgan fingerprint density at radius 1 is 0.939 bits per heavy atom.